The molecule has 2 aromatic rings. The van der Waals surface area contributed by atoms with Crippen molar-refractivity contribution >= 4 is 23.1 Å². The first kappa shape index (κ1) is 16.8. The summed E-state index contributed by atoms with van der Waals surface area (Å²) in [6, 6.07) is 9.64. The van der Waals surface area contributed by atoms with Crippen LogP contribution in [0.2, 0.25) is 0 Å². The number of nitrogens with zero attached hydrogens (tertiary/aromatic N) is 2. The van der Waals surface area contributed by atoms with Crippen molar-refractivity contribution < 1.29 is 18.9 Å². The molecule has 0 fully saturated rings. The van der Waals surface area contributed by atoms with E-state index in [0.29, 0.717) is 24.2 Å². The molecular formula is C18H15FN2O4. The molecule has 2 aromatic carbocycles. The Kier molecular flexibility index (Phi) is 4.56. The highest BCUT2D eigenvalue weighted by Gasteiger charge is 2.26. The average molecular weight is 342 g/mol. The van der Waals surface area contributed by atoms with E-state index in [0.717, 1.165) is 5.56 Å². The van der Waals surface area contributed by atoms with Crippen molar-refractivity contribution in [3.8, 4) is 0 Å². The number of nitro benzene ring substituents is 1. The van der Waals surface area contributed by atoms with Crippen LogP contribution in [0, 0.1) is 15.9 Å². The van der Waals surface area contributed by atoms with E-state index in [9.17, 15) is 24.1 Å². The molecule has 1 aliphatic rings. The van der Waals surface area contributed by atoms with Gasteiger partial charge < -0.3 is 4.90 Å². The molecule has 1 aliphatic heterocycles. The lowest BCUT2D eigenvalue weighted by molar-refractivity contribution is -0.384. The van der Waals surface area contributed by atoms with Crippen LogP contribution in [0.5, 0.6) is 0 Å². The third kappa shape index (κ3) is 3.55. The summed E-state index contributed by atoms with van der Waals surface area (Å²) in [5.41, 5.74) is 1.70. The van der Waals surface area contributed by atoms with Crippen LogP contribution < -0.4 is 4.90 Å². The van der Waals surface area contributed by atoms with E-state index < -0.39 is 10.7 Å². The summed E-state index contributed by atoms with van der Waals surface area (Å²) in [7, 11) is 0. The molecule has 0 saturated heterocycles. The van der Waals surface area contributed by atoms with Crippen LogP contribution in [-0.4, -0.2) is 23.2 Å². The highest BCUT2D eigenvalue weighted by molar-refractivity contribution is 6.01. The Morgan fingerprint density at radius 3 is 2.52 bits per heavy atom. The average Bonchev–Trinajstić information content (AvgIpc) is 3.03. The van der Waals surface area contributed by atoms with Gasteiger partial charge in [-0.15, -0.1) is 0 Å². The molecule has 0 unspecified atom stereocenters. The maximum Gasteiger partial charge on any atom is 0.271 e. The summed E-state index contributed by atoms with van der Waals surface area (Å²) in [5, 5.41) is 10.9. The van der Waals surface area contributed by atoms with Gasteiger partial charge in [0.05, 0.1) is 10.6 Å². The third-order valence-electron chi connectivity index (χ3n) is 4.21. The second-order valence-electron chi connectivity index (χ2n) is 5.80. The van der Waals surface area contributed by atoms with Gasteiger partial charge in [0.1, 0.15) is 5.82 Å². The number of carbonyl (C=O) groups is 2. The maximum absolute atomic E-state index is 12.9. The Morgan fingerprint density at radius 1 is 1.12 bits per heavy atom. The monoisotopic (exact) mass is 342 g/mol. The van der Waals surface area contributed by atoms with E-state index in [4.69, 9.17) is 0 Å². The minimum Gasteiger partial charge on any atom is -0.312 e. The smallest absolute Gasteiger partial charge is 0.271 e. The molecule has 1 heterocycles. The van der Waals surface area contributed by atoms with E-state index in [-0.39, 0.29) is 30.2 Å². The van der Waals surface area contributed by atoms with E-state index in [1.807, 2.05) is 0 Å². The first-order chi connectivity index (χ1) is 12.0. The van der Waals surface area contributed by atoms with Crippen LogP contribution in [-0.2, 0) is 11.2 Å². The molecule has 25 heavy (non-hydrogen) atoms. The summed E-state index contributed by atoms with van der Waals surface area (Å²) < 4.78 is 12.9. The zero-order valence-corrected chi connectivity index (χ0v) is 13.3. The second-order valence-corrected chi connectivity index (χ2v) is 5.80. The maximum atomic E-state index is 12.9. The Bertz CT molecular complexity index is 849. The molecule has 128 valence electrons. The SMILES string of the molecule is O=C(CCC(=O)N1CCc2ccc([N+](=O)[O-])cc21)c1ccc(F)cc1. The van der Waals surface area contributed by atoms with Crippen molar-refractivity contribution in [3.63, 3.8) is 0 Å². The van der Waals surface area contributed by atoms with Crippen LogP contribution in [0.4, 0.5) is 15.8 Å². The van der Waals surface area contributed by atoms with Crippen molar-refractivity contribution in [3.05, 3.63) is 69.5 Å². The lowest BCUT2D eigenvalue weighted by Crippen LogP contribution is -2.29. The first-order valence-electron chi connectivity index (χ1n) is 7.82. The van der Waals surface area contributed by atoms with E-state index in [1.165, 1.54) is 41.3 Å². The topological polar surface area (TPSA) is 80.5 Å². The lowest BCUT2D eigenvalue weighted by Gasteiger charge is -2.17. The van der Waals surface area contributed by atoms with Crippen molar-refractivity contribution in [2.45, 2.75) is 19.3 Å². The number of carbonyl (C=O) groups excluding carboxylic acids is 2. The normalized spacial score (nSPS) is 12.8. The Balaban J connectivity index is 1.67. The number of hydrogen-bond acceptors (Lipinski definition) is 4. The molecule has 0 aromatic heterocycles. The van der Waals surface area contributed by atoms with E-state index in [2.05, 4.69) is 0 Å². The number of ketones is 1. The Morgan fingerprint density at radius 2 is 1.84 bits per heavy atom. The van der Waals surface area contributed by atoms with E-state index in [1.54, 1.807) is 6.07 Å². The predicted octanol–water partition coefficient (Wildman–Crippen LogP) is 3.29. The standard InChI is InChI=1S/C18H15FN2O4/c19-14-4-1-13(2-5-14)17(22)7-8-18(23)20-10-9-12-3-6-15(21(24)25)11-16(12)20/h1-6,11H,7-10H2. The van der Waals surface area contributed by atoms with Gasteiger partial charge in [-0.3, -0.25) is 19.7 Å². The molecule has 0 saturated carbocycles. The summed E-state index contributed by atoms with van der Waals surface area (Å²) >= 11 is 0. The van der Waals surface area contributed by atoms with Crippen LogP contribution in [0.15, 0.2) is 42.5 Å². The predicted molar refractivity (Wildman–Crippen MR) is 89.1 cm³/mol. The highest BCUT2D eigenvalue weighted by atomic mass is 19.1. The van der Waals surface area contributed by atoms with Crippen LogP contribution in [0.3, 0.4) is 0 Å². The molecule has 0 radical (unpaired) electrons. The largest absolute Gasteiger partial charge is 0.312 e. The van der Waals surface area contributed by atoms with Crippen molar-refractivity contribution in [1.82, 2.24) is 0 Å². The number of nitro groups is 1. The minimum absolute atomic E-state index is 0.00165. The van der Waals surface area contributed by atoms with Crippen molar-refractivity contribution in [2.24, 2.45) is 0 Å². The number of rotatable bonds is 5. The molecule has 7 heteroatoms. The van der Waals surface area contributed by atoms with Gasteiger partial charge in [0.25, 0.3) is 5.69 Å². The third-order valence-corrected chi connectivity index (χ3v) is 4.21. The number of Topliss-reactive ketones (excluding diaryl/α,β-unsaturated/α-hetero) is 1. The summed E-state index contributed by atoms with van der Waals surface area (Å²) in [6.07, 6.45) is 0.633. The molecule has 0 aliphatic carbocycles. The fourth-order valence-corrected chi connectivity index (χ4v) is 2.88. The van der Waals surface area contributed by atoms with Crippen LogP contribution in [0.1, 0.15) is 28.8 Å². The zero-order valence-electron chi connectivity index (χ0n) is 13.3. The quantitative estimate of drug-likeness (QED) is 0.474. The summed E-state index contributed by atoms with van der Waals surface area (Å²) in [5.74, 6) is -0.926. The van der Waals surface area contributed by atoms with Gasteiger partial charge in [-0.05, 0) is 36.2 Å². The molecule has 0 bridgehead atoms. The molecule has 1 amide bonds. The molecule has 6 nitrogen and oxygen atoms in total. The molecule has 3 rings (SSSR count). The molecule has 0 spiro atoms. The summed E-state index contributed by atoms with van der Waals surface area (Å²) in [6.45, 7) is 0.445. The van der Waals surface area contributed by atoms with Gasteiger partial charge in [0, 0.05) is 37.1 Å². The van der Waals surface area contributed by atoms with Gasteiger partial charge in [-0.2, -0.15) is 0 Å². The molecule has 0 atom stereocenters. The molecule has 0 N–H and O–H groups in total. The number of benzene rings is 2. The Labute approximate surface area is 143 Å². The van der Waals surface area contributed by atoms with Crippen LogP contribution in [0.25, 0.3) is 0 Å². The Hall–Kier alpha value is -3.09. The van der Waals surface area contributed by atoms with E-state index >= 15 is 0 Å². The minimum atomic E-state index is -0.501. The number of fused-ring (bicyclic) bond motifs is 1. The summed E-state index contributed by atoms with van der Waals surface area (Å²) in [4.78, 5) is 36.4. The van der Waals surface area contributed by atoms with Crippen LogP contribution >= 0.6 is 0 Å². The van der Waals surface area contributed by atoms with Gasteiger partial charge in [-0.1, -0.05) is 6.07 Å². The van der Waals surface area contributed by atoms with Gasteiger partial charge in [-0.25, -0.2) is 4.39 Å². The fraction of sp³-hybridized carbons (Fsp3) is 0.222. The lowest BCUT2D eigenvalue weighted by atomic mass is 10.1. The number of halogens is 1. The number of non-ortho nitro benzene ring substituents is 1. The highest BCUT2D eigenvalue weighted by Crippen LogP contribution is 2.32. The number of anilines is 1. The second kappa shape index (κ2) is 6.80. The van der Waals surface area contributed by atoms with Gasteiger partial charge in [0.15, 0.2) is 5.78 Å². The first-order valence-corrected chi connectivity index (χ1v) is 7.82. The fourth-order valence-electron chi connectivity index (χ4n) is 2.88. The molecular weight excluding hydrogens is 327 g/mol. The van der Waals surface area contributed by atoms with Crippen molar-refractivity contribution in [1.29, 1.82) is 0 Å². The van der Waals surface area contributed by atoms with Gasteiger partial charge in [0.2, 0.25) is 5.91 Å². The number of hydrogen-bond donors (Lipinski definition) is 0. The number of amides is 1. The van der Waals surface area contributed by atoms with Crippen molar-refractivity contribution in [2.75, 3.05) is 11.4 Å². The van der Waals surface area contributed by atoms with Gasteiger partial charge >= 0.3 is 0 Å². The zero-order chi connectivity index (χ0) is 18.0.